The first-order chi connectivity index (χ1) is 19.4. The van der Waals surface area contributed by atoms with Gasteiger partial charge in [-0.1, -0.05) is 6.42 Å². The summed E-state index contributed by atoms with van der Waals surface area (Å²) in [6.07, 6.45) is 5.90. The Balaban J connectivity index is 1.42. The predicted molar refractivity (Wildman–Crippen MR) is 144 cm³/mol. The predicted octanol–water partition coefficient (Wildman–Crippen LogP) is 0.394. The van der Waals surface area contributed by atoms with E-state index in [1.165, 1.54) is 24.5 Å². The summed E-state index contributed by atoms with van der Waals surface area (Å²) in [6.45, 7) is 1.51. The van der Waals surface area contributed by atoms with E-state index < -0.39 is 64.4 Å². The molecule has 6 atom stereocenters. The normalized spacial score (nSPS) is 34.3. The maximum atomic E-state index is 14.0. The Morgan fingerprint density at radius 2 is 1.85 bits per heavy atom. The van der Waals surface area contributed by atoms with Gasteiger partial charge >= 0.3 is 0 Å². The number of amides is 1. The molecule has 1 aromatic rings. The number of phenols is 1. The summed E-state index contributed by atoms with van der Waals surface area (Å²) in [6, 6.07) is 0.396. The fourth-order valence-corrected chi connectivity index (χ4v) is 8.40. The number of hydrogen-bond acceptors (Lipinski definition) is 10. The van der Waals surface area contributed by atoms with Gasteiger partial charge in [-0.15, -0.1) is 0 Å². The molecule has 6 rings (SSSR count). The molecule has 3 saturated carbocycles. The van der Waals surface area contributed by atoms with E-state index in [0.29, 0.717) is 17.9 Å². The number of nitrogens with two attached hydrogens (primary N) is 1. The number of benzene rings is 1. The van der Waals surface area contributed by atoms with Crippen LogP contribution in [-0.2, 0) is 32.1 Å². The number of carbonyl (C=O) groups is 5. The van der Waals surface area contributed by atoms with Crippen molar-refractivity contribution in [2.45, 2.75) is 68.7 Å². The highest BCUT2D eigenvalue weighted by molar-refractivity contribution is 6.32. The molecule has 1 aromatic carbocycles. The molecule has 2 unspecified atom stereocenters. The van der Waals surface area contributed by atoms with E-state index in [9.17, 15) is 34.2 Å². The molecule has 4 N–H and O–H groups in total. The molecule has 1 amide bonds. The molecule has 0 aromatic heterocycles. The Morgan fingerprint density at radius 1 is 1.15 bits per heavy atom. The molecule has 1 spiro atoms. The number of aromatic hydroxyl groups is 1. The largest absolute Gasteiger partial charge is 0.507 e. The zero-order chi connectivity index (χ0) is 29.6. The van der Waals surface area contributed by atoms with Gasteiger partial charge < -0.3 is 20.7 Å². The molecule has 4 aliphatic carbocycles. The summed E-state index contributed by atoms with van der Waals surface area (Å²) in [7, 11) is 4.65. The molecule has 1 saturated heterocycles. The van der Waals surface area contributed by atoms with Crippen molar-refractivity contribution in [3.8, 4) is 11.5 Å². The number of fused-ring (bicyclic) bond motifs is 3. The second kappa shape index (κ2) is 9.43. The van der Waals surface area contributed by atoms with E-state index in [1.54, 1.807) is 14.1 Å². The number of aliphatic hydroxyl groups is 1. The van der Waals surface area contributed by atoms with Crippen LogP contribution in [0.25, 0.3) is 0 Å². The standard InChI is InChI=1S/C30H37N3O8/c1-32(2)22-17-11-14-10-16-20(23(35)19(14)26(37)30(17,40)27(38)21(24(22)36)28(31)39)18(34)12-15(25(16)41-3)13-33-9-5-4-6-29(33)7-8-29/h12,14,17,19,21-22,34,40H,4-11,13H2,1-3H3,(H2,31,39)/t14-,17-,19?,21?,22-,30-/m0/s1. The van der Waals surface area contributed by atoms with Crippen molar-refractivity contribution in [1.29, 1.82) is 0 Å². The number of Topliss-reactive ketones (excluding diaryl/α,β-unsaturated/α-hetero) is 4. The SMILES string of the molecule is COc1c(CN2CCCCC23CC3)cc(O)c2c1C[C@H]1C[C@H]3[C@H](N(C)C)C(=O)C(C(N)=O)C(=O)[C@@]3(O)C(=O)C1C2=O. The van der Waals surface area contributed by atoms with Crippen LogP contribution in [0.1, 0.15) is 60.0 Å². The molecule has 5 aliphatic rings. The number of ether oxygens (including phenoxy) is 1. The number of rotatable bonds is 5. The number of carbonyl (C=O) groups excluding carboxylic acids is 5. The summed E-state index contributed by atoms with van der Waals surface area (Å²) in [5, 5.41) is 22.9. The van der Waals surface area contributed by atoms with E-state index in [0.717, 1.165) is 37.8 Å². The summed E-state index contributed by atoms with van der Waals surface area (Å²) in [4.78, 5) is 70.6. The number of piperidine rings is 1. The minimum absolute atomic E-state index is 0.00722. The number of phenolic OH excluding ortho intramolecular Hbond substituents is 1. The average molecular weight is 568 g/mol. The average Bonchev–Trinajstić information content (AvgIpc) is 3.67. The van der Waals surface area contributed by atoms with Crippen molar-refractivity contribution in [1.82, 2.24) is 9.80 Å². The lowest BCUT2D eigenvalue weighted by atomic mass is 9.52. The molecule has 1 aliphatic heterocycles. The molecule has 220 valence electrons. The van der Waals surface area contributed by atoms with Crippen LogP contribution in [-0.4, -0.2) is 94.0 Å². The lowest BCUT2D eigenvalue weighted by Gasteiger charge is -2.52. The van der Waals surface area contributed by atoms with Crippen LogP contribution < -0.4 is 10.5 Å². The fraction of sp³-hybridized carbons (Fsp3) is 0.633. The number of likely N-dealkylation sites (N-methyl/N-ethyl adjacent to an activating group) is 1. The maximum Gasteiger partial charge on any atom is 0.235 e. The third-order valence-electron chi connectivity index (χ3n) is 10.5. The van der Waals surface area contributed by atoms with Gasteiger partial charge in [-0.05, 0) is 71.1 Å². The molecule has 11 heteroatoms. The number of likely N-dealkylation sites (tertiary alicyclic amines) is 1. The van der Waals surface area contributed by atoms with Crippen molar-refractivity contribution in [3.05, 3.63) is 22.8 Å². The van der Waals surface area contributed by atoms with Gasteiger partial charge in [0.2, 0.25) is 5.91 Å². The molecule has 11 nitrogen and oxygen atoms in total. The molecule has 0 bridgehead atoms. The smallest absolute Gasteiger partial charge is 0.235 e. The van der Waals surface area contributed by atoms with Crippen LogP contribution >= 0.6 is 0 Å². The quantitative estimate of drug-likeness (QED) is 0.424. The van der Waals surface area contributed by atoms with E-state index >= 15 is 0 Å². The van der Waals surface area contributed by atoms with Gasteiger partial charge in [-0.25, -0.2) is 0 Å². The van der Waals surface area contributed by atoms with Crippen molar-refractivity contribution in [2.24, 2.45) is 29.4 Å². The summed E-state index contributed by atoms with van der Waals surface area (Å²) in [5.74, 6) is -10.0. The van der Waals surface area contributed by atoms with Gasteiger partial charge in [0.25, 0.3) is 0 Å². The first-order valence-corrected chi connectivity index (χ1v) is 14.4. The maximum absolute atomic E-state index is 14.0. The minimum atomic E-state index is -2.73. The van der Waals surface area contributed by atoms with Crippen LogP contribution in [0.3, 0.4) is 0 Å². The first kappa shape index (κ1) is 28.0. The lowest BCUT2D eigenvalue weighted by Crippen LogP contribution is -2.74. The molecule has 1 heterocycles. The topological polar surface area (TPSA) is 168 Å². The minimum Gasteiger partial charge on any atom is -0.507 e. The number of methoxy groups -OCH3 is 1. The summed E-state index contributed by atoms with van der Waals surface area (Å²) < 4.78 is 5.85. The van der Waals surface area contributed by atoms with Gasteiger partial charge in [-0.2, -0.15) is 0 Å². The van der Waals surface area contributed by atoms with Crippen molar-refractivity contribution in [2.75, 3.05) is 27.7 Å². The van der Waals surface area contributed by atoms with Gasteiger partial charge in [0.15, 0.2) is 34.7 Å². The van der Waals surface area contributed by atoms with Crippen LogP contribution in [0.2, 0.25) is 0 Å². The van der Waals surface area contributed by atoms with E-state index in [4.69, 9.17) is 10.5 Å². The molecular formula is C30H37N3O8. The van der Waals surface area contributed by atoms with Gasteiger partial charge in [0.1, 0.15) is 11.5 Å². The van der Waals surface area contributed by atoms with Crippen molar-refractivity contribution < 1.29 is 38.9 Å². The monoisotopic (exact) mass is 567 g/mol. The van der Waals surface area contributed by atoms with Gasteiger partial charge in [0.05, 0.1) is 24.6 Å². The Labute approximate surface area is 238 Å². The van der Waals surface area contributed by atoms with Crippen LogP contribution in [0.5, 0.6) is 11.5 Å². The zero-order valence-electron chi connectivity index (χ0n) is 23.6. The molecule has 0 radical (unpaired) electrons. The fourth-order valence-electron chi connectivity index (χ4n) is 8.40. The lowest BCUT2D eigenvalue weighted by molar-refractivity contribution is -0.181. The second-order valence-electron chi connectivity index (χ2n) is 12.8. The van der Waals surface area contributed by atoms with Crippen molar-refractivity contribution >= 4 is 29.0 Å². The number of primary amides is 1. The molecular weight excluding hydrogens is 530 g/mol. The number of hydrogen-bond donors (Lipinski definition) is 3. The van der Waals surface area contributed by atoms with Crippen LogP contribution in [0.4, 0.5) is 0 Å². The third kappa shape index (κ3) is 3.85. The van der Waals surface area contributed by atoms with E-state index in [2.05, 4.69) is 4.90 Å². The zero-order valence-corrected chi connectivity index (χ0v) is 23.6. The number of ketones is 4. The molecule has 41 heavy (non-hydrogen) atoms. The Morgan fingerprint density at radius 3 is 2.46 bits per heavy atom. The first-order valence-electron chi connectivity index (χ1n) is 14.4. The summed E-state index contributed by atoms with van der Waals surface area (Å²) in [5.41, 5.74) is 4.05. The van der Waals surface area contributed by atoms with E-state index in [-0.39, 0.29) is 29.7 Å². The van der Waals surface area contributed by atoms with Crippen molar-refractivity contribution in [3.63, 3.8) is 0 Å². The summed E-state index contributed by atoms with van der Waals surface area (Å²) >= 11 is 0. The Kier molecular flexibility index (Phi) is 6.44. The highest BCUT2D eigenvalue weighted by Crippen LogP contribution is 2.53. The second-order valence-corrected chi connectivity index (χ2v) is 12.8. The van der Waals surface area contributed by atoms with Crippen LogP contribution in [0, 0.1) is 23.7 Å². The Bertz CT molecular complexity index is 1380. The third-order valence-corrected chi connectivity index (χ3v) is 10.5. The van der Waals surface area contributed by atoms with Gasteiger partial charge in [-0.3, -0.25) is 33.8 Å². The Hall–Kier alpha value is -3.15. The highest BCUT2D eigenvalue weighted by atomic mass is 16.5. The van der Waals surface area contributed by atoms with E-state index in [1.807, 2.05) is 0 Å². The highest BCUT2D eigenvalue weighted by Gasteiger charge is 2.69. The molecule has 4 fully saturated rings. The van der Waals surface area contributed by atoms with Gasteiger partial charge in [0, 0.05) is 29.1 Å². The number of nitrogens with zero attached hydrogens (tertiary/aromatic N) is 2. The van der Waals surface area contributed by atoms with Crippen LogP contribution in [0.15, 0.2) is 6.07 Å².